The molecule has 100 valence electrons. The highest BCUT2D eigenvalue weighted by Crippen LogP contribution is 2.34. The quantitative estimate of drug-likeness (QED) is 0.785. The van der Waals surface area contributed by atoms with Gasteiger partial charge in [0.2, 0.25) is 0 Å². The van der Waals surface area contributed by atoms with Crippen molar-refractivity contribution in [3.8, 4) is 11.5 Å². The molecule has 2 aromatic rings. The Kier molecular flexibility index (Phi) is 4.45. The molecule has 2 rings (SSSR count). The summed E-state index contributed by atoms with van der Waals surface area (Å²) < 4.78 is 19.5. The van der Waals surface area contributed by atoms with Crippen LogP contribution in [0.15, 0.2) is 40.9 Å². The average Bonchev–Trinajstić information content (AvgIpc) is 2.36. The maximum Gasteiger partial charge on any atom is 0.145 e. The van der Waals surface area contributed by atoms with E-state index in [2.05, 4.69) is 15.9 Å². The number of aliphatic hydroxyl groups is 1. The second-order valence-corrected chi connectivity index (χ2v) is 5.31. The Morgan fingerprint density at radius 3 is 2.47 bits per heavy atom. The lowest BCUT2D eigenvalue weighted by atomic mass is 10.1. The van der Waals surface area contributed by atoms with Gasteiger partial charge in [-0.25, -0.2) is 4.39 Å². The largest absolute Gasteiger partial charge is 0.456 e. The van der Waals surface area contributed by atoms with E-state index in [0.29, 0.717) is 16.0 Å². The van der Waals surface area contributed by atoms with Gasteiger partial charge in [0.05, 0.1) is 15.6 Å². The van der Waals surface area contributed by atoms with Crippen LogP contribution in [0.4, 0.5) is 4.39 Å². The molecular formula is C14H11BrClFO2. The molecular weight excluding hydrogens is 335 g/mol. The minimum absolute atomic E-state index is 0.0312. The van der Waals surface area contributed by atoms with Crippen LogP contribution in [0.1, 0.15) is 18.6 Å². The van der Waals surface area contributed by atoms with Gasteiger partial charge < -0.3 is 9.84 Å². The maximum atomic E-state index is 13.4. The molecule has 2 aromatic carbocycles. The zero-order valence-corrected chi connectivity index (χ0v) is 12.4. The highest BCUT2D eigenvalue weighted by atomic mass is 79.9. The summed E-state index contributed by atoms with van der Waals surface area (Å²) >= 11 is 8.92. The molecule has 0 aromatic heterocycles. The van der Waals surface area contributed by atoms with Crippen molar-refractivity contribution in [3.63, 3.8) is 0 Å². The SMILES string of the molecule is CC(O)c1ccc(Oc2cc(F)c(Cl)cc2Br)cc1. The lowest BCUT2D eigenvalue weighted by molar-refractivity contribution is 0.199. The molecule has 0 aliphatic heterocycles. The third kappa shape index (κ3) is 3.47. The summed E-state index contributed by atoms with van der Waals surface area (Å²) in [5.74, 6) is 0.346. The molecule has 1 unspecified atom stereocenters. The summed E-state index contributed by atoms with van der Waals surface area (Å²) in [6.07, 6.45) is -0.534. The summed E-state index contributed by atoms with van der Waals surface area (Å²) in [6, 6.07) is 9.58. The van der Waals surface area contributed by atoms with Crippen LogP contribution in [0.2, 0.25) is 5.02 Å². The number of aliphatic hydroxyl groups excluding tert-OH is 1. The van der Waals surface area contributed by atoms with Crippen LogP contribution >= 0.6 is 27.5 Å². The van der Waals surface area contributed by atoms with E-state index in [9.17, 15) is 9.50 Å². The fourth-order valence-corrected chi connectivity index (χ4v) is 2.24. The van der Waals surface area contributed by atoms with Gasteiger partial charge in [-0.05, 0) is 46.6 Å². The fourth-order valence-electron chi connectivity index (χ4n) is 1.52. The van der Waals surface area contributed by atoms with Gasteiger partial charge in [-0.3, -0.25) is 0 Å². The molecule has 0 radical (unpaired) electrons. The Morgan fingerprint density at radius 1 is 1.26 bits per heavy atom. The molecule has 0 fully saturated rings. The molecule has 19 heavy (non-hydrogen) atoms. The Labute approximate surface area is 123 Å². The molecule has 0 bridgehead atoms. The van der Waals surface area contributed by atoms with Gasteiger partial charge in [0.1, 0.15) is 17.3 Å². The molecule has 0 saturated heterocycles. The van der Waals surface area contributed by atoms with Crippen LogP contribution in [0.3, 0.4) is 0 Å². The van der Waals surface area contributed by atoms with E-state index in [4.69, 9.17) is 16.3 Å². The van der Waals surface area contributed by atoms with Gasteiger partial charge in [0.25, 0.3) is 0 Å². The first kappa shape index (κ1) is 14.3. The maximum absolute atomic E-state index is 13.4. The van der Waals surface area contributed by atoms with E-state index in [1.165, 1.54) is 12.1 Å². The average molecular weight is 346 g/mol. The monoisotopic (exact) mass is 344 g/mol. The molecule has 1 N–H and O–H groups in total. The third-order valence-electron chi connectivity index (χ3n) is 2.57. The van der Waals surface area contributed by atoms with Crippen molar-refractivity contribution in [1.82, 2.24) is 0 Å². The topological polar surface area (TPSA) is 29.5 Å². The third-order valence-corrected chi connectivity index (χ3v) is 3.47. The fraction of sp³-hybridized carbons (Fsp3) is 0.143. The van der Waals surface area contributed by atoms with E-state index in [1.807, 2.05) is 0 Å². The number of hydrogen-bond donors (Lipinski definition) is 1. The van der Waals surface area contributed by atoms with Gasteiger partial charge in [0.15, 0.2) is 0 Å². The number of halogens is 3. The lowest BCUT2D eigenvalue weighted by Crippen LogP contribution is -1.91. The van der Waals surface area contributed by atoms with E-state index in [1.54, 1.807) is 31.2 Å². The number of ether oxygens (including phenoxy) is 1. The number of benzene rings is 2. The van der Waals surface area contributed by atoms with Crippen LogP contribution < -0.4 is 4.74 Å². The standard InChI is InChI=1S/C14H11BrClFO2/c1-8(18)9-2-4-10(5-3-9)19-14-7-13(17)12(16)6-11(14)15/h2-8,18H,1H3. The van der Waals surface area contributed by atoms with Crippen LogP contribution in [0.25, 0.3) is 0 Å². The van der Waals surface area contributed by atoms with Gasteiger partial charge in [-0.1, -0.05) is 23.7 Å². The normalized spacial score (nSPS) is 12.3. The van der Waals surface area contributed by atoms with Crippen LogP contribution in [-0.4, -0.2) is 5.11 Å². The predicted molar refractivity (Wildman–Crippen MR) is 76.3 cm³/mol. The van der Waals surface area contributed by atoms with E-state index in [-0.39, 0.29) is 5.02 Å². The molecule has 0 aliphatic carbocycles. The van der Waals surface area contributed by atoms with Gasteiger partial charge in [0, 0.05) is 6.07 Å². The first-order chi connectivity index (χ1) is 8.97. The van der Waals surface area contributed by atoms with Crippen molar-refractivity contribution < 1.29 is 14.2 Å². The summed E-state index contributed by atoms with van der Waals surface area (Å²) in [5, 5.41) is 9.43. The van der Waals surface area contributed by atoms with Gasteiger partial charge in [-0.15, -0.1) is 0 Å². The lowest BCUT2D eigenvalue weighted by Gasteiger charge is -2.10. The van der Waals surface area contributed by atoms with Gasteiger partial charge >= 0.3 is 0 Å². The zero-order valence-electron chi connectivity index (χ0n) is 10.0. The molecule has 2 nitrogen and oxygen atoms in total. The zero-order chi connectivity index (χ0) is 14.0. The van der Waals surface area contributed by atoms with E-state index in [0.717, 1.165) is 5.56 Å². The highest BCUT2D eigenvalue weighted by molar-refractivity contribution is 9.10. The second-order valence-electron chi connectivity index (χ2n) is 4.04. The summed E-state index contributed by atoms with van der Waals surface area (Å²) in [5.41, 5.74) is 0.786. The molecule has 0 spiro atoms. The molecule has 1 atom stereocenters. The van der Waals surface area contributed by atoms with Crippen LogP contribution in [0.5, 0.6) is 11.5 Å². The predicted octanol–water partition coefficient (Wildman–Crippen LogP) is 5.09. The Hall–Kier alpha value is -1.10. The van der Waals surface area contributed by atoms with Gasteiger partial charge in [-0.2, -0.15) is 0 Å². The van der Waals surface area contributed by atoms with Crippen molar-refractivity contribution in [2.75, 3.05) is 0 Å². The summed E-state index contributed by atoms with van der Waals surface area (Å²) in [7, 11) is 0. The van der Waals surface area contributed by atoms with Crippen LogP contribution in [0, 0.1) is 5.82 Å². The Balaban J connectivity index is 2.24. The smallest absolute Gasteiger partial charge is 0.145 e. The van der Waals surface area contributed by atoms with Crippen molar-refractivity contribution in [3.05, 3.63) is 57.3 Å². The minimum Gasteiger partial charge on any atom is -0.456 e. The molecule has 0 heterocycles. The van der Waals surface area contributed by atoms with Crippen LogP contribution in [-0.2, 0) is 0 Å². The first-order valence-corrected chi connectivity index (χ1v) is 6.75. The Morgan fingerprint density at radius 2 is 1.89 bits per heavy atom. The Bertz CT molecular complexity index is 585. The summed E-state index contributed by atoms with van der Waals surface area (Å²) in [4.78, 5) is 0. The van der Waals surface area contributed by atoms with Crippen molar-refractivity contribution in [1.29, 1.82) is 0 Å². The first-order valence-electron chi connectivity index (χ1n) is 5.58. The van der Waals surface area contributed by atoms with Crippen molar-refractivity contribution >= 4 is 27.5 Å². The molecule has 5 heteroatoms. The molecule has 0 aliphatic rings. The number of rotatable bonds is 3. The van der Waals surface area contributed by atoms with E-state index < -0.39 is 11.9 Å². The second kappa shape index (κ2) is 5.90. The molecule has 0 saturated carbocycles. The minimum atomic E-state index is -0.541. The van der Waals surface area contributed by atoms with E-state index >= 15 is 0 Å². The van der Waals surface area contributed by atoms with Crippen molar-refractivity contribution in [2.24, 2.45) is 0 Å². The summed E-state index contributed by atoms with van der Waals surface area (Å²) in [6.45, 7) is 1.68. The van der Waals surface area contributed by atoms with Crippen molar-refractivity contribution in [2.45, 2.75) is 13.0 Å². The molecule has 0 amide bonds. The highest BCUT2D eigenvalue weighted by Gasteiger charge is 2.09. The number of hydrogen-bond acceptors (Lipinski definition) is 2.